The highest BCUT2D eigenvalue weighted by Crippen LogP contribution is 2.43. The number of benzene rings is 2. The number of rotatable bonds is 1. The number of halogens is 1. The van der Waals surface area contributed by atoms with Gasteiger partial charge >= 0.3 is 0 Å². The maximum absolute atomic E-state index is 6.26. The largest absolute Gasteiger partial charge is 0.304 e. The third-order valence-electron chi connectivity index (χ3n) is 4.91. The first-order valence-corrected chi connectivity index (χ1v) is 9.38. The molecule has 2 aliphatic rings. The summed E-state index contributed by atoms with van der Waals surface area (Å²) in [5, 5.41) is 0.840. The third-order valence-corrected chi connectivity index (χ3v) is 6.36. The molecule has 2 aliphatic heterocycles. The summed E-state index contributed by atoms with van der Waals surface area (Å²) in [6.07, 6.45) is 1.05. The van der Waals surface area contributed by atoms with Crippen LogP contribution in [0, 0.1) is 0 Å². The summed E-state index contributed by atoms with van der Waals surface area (Å²) in [5.74, 6) is 0. The van der Waals surface area contributed by atoms with Gasteiger partial charge in [0, 0.05) is 47.0 Å². The molecule has 0 radical (unpaired) electrons. The summed E-state index contributed by atoms with van der Waals surface area (Å²) in [6.45, 7) is 4.56. The Morgan fingerprint density at radius 2 is 1.78 bits per heavy atom. The molecule has 4 heteroatoms. The van der Waals surface area contributed by atoms with E-state index in [1.165, 1.54) is 20.9 Å². The number of hydrogen-bond acceptors (Lipinski definition) is 3. The van der Waals surface area contributed by atoms with Crippen molar-refractivity contribution in [1.82, 2.24) is 9.80 Å². The topological polar surface area (TPSA) is 6.48 Å². The van der Waals surface area contributed by atoms with Gasteiger partial charge in [0.15, 0.2) is 0 Å². The molecule has 2 heterocycles. The Kier molecular flexibility index (Phi) is 4.37. The second-order valence-electron chi connectivity index (χ2n) is 6.45. The van der Waals surface area contributed by atoms with E-state index in [0.29, 0.717) is 6.04 Å². The number of fused-ring (bicyclic) bond motifs is 2. The van der Waals surface area contributed by atoms with Crippen LogP contribution < -0.4 is 0 Å². The van der Waals surface area contributed by atoms with Gasteiger partial charge in [0.2, 0.25) is 0 Å². The quantitative estimate of drug-likeness (QED) is 0.760. The predicted octanol–water partition coefficient (Wildman–Crippen LogP) is 4.34. The molecule has 4 rings (SSSR count). The molecule has 0 aromatic heterocycles. The lowest BCUT2D eigenvalue weighted by molar-refractivity contribution is 0.110. The minimum Gasteiger partial charge on any atom is -0.304 e. The first-order valence-electron chi connectivity index (χ1n) is 8.18. The normalized spacial score (nSPS) is 22.3. The van der Waals surface area contributed by atoms with Gasteiger partial charge in [-0.25, -0.2) is 0 Å². The highest BCUT2D eigenvalue weighted by molar-refractivity contribution is 7.99. The van der Waals surface area contributed by atoms with E-state index < -0.39 is 0 Å². The molecule has 0 N–H and O–H groups in total. The van der Waals surface area contributed by atoms with Crippen LogP contribution in [0.15, 0.2) is 52.3 Å². The van der Waals surface area contributed by atoms with E-state index in [0.717, 1.165) is 37.6 Å². The number of hydrogen-bond donors (Lipinski definition) is 0. The number of nitrogens with zero attached hydrogens (tertiary/aromatic N) is 2. The van der Waals surface area contributed by atoms with Crippen molar-refractivity contribution >= 4 is 23.4 Å². The molecule has 2 aromatic rings. The lowest BCUT2D eigenvalue weighted by Gasteiger charge is -2.38. The molecular weight excluding hydrogens is 324 g/mol. The molecular formula is C19H21ClN2S. The minimum absolute atomic E-state index is 0.451. The van der Waals surface area contributed by atoms with Crippen LogP contribution in [0.1, 0.15) is 17.2 Å². The van der Waals surface area contributed by atoms with Crippen molar-refractivity contribution in [1.29, 1.82) is 0 Å². The second kappa shape index (κ2) is 6.48. The van der Waals surface area contributed by atoms with Crippen LogP contribution in [0.2, 0.25) is 5.02 Å². The van der Waals surface area contributed by atoms with Gasteiger partial charge in [-0.05, 0) is 48.9 Å². The Balaban J connectivity index is 1.74. The van der Waals surface area contributed by atoms with E-state index in [1.807, 2.05) is 17.8 Å². The van der Waals surface area contributed by atoms with Crippen LogP contribution >= 0.6 is 23.4 Å². The Morgan fingerprint density at radius 1 is 1.00 bits per heavy atom. The van der Waals surface area contributed by atoms with E-state index in [9.17, 15) is 0 Å². The minimum atomic E-state index is 0.451. The van der Waals surface area contributed by atoms with E-state index >= 15 is 0 Å². The van der Waals surface area contributed by atoms with Gasteiger partial charge < -0.3 is 4.90 Å². The molecule has 23 heavy (non-hydrogen) atoms. The van der Waals surface area contributed by atoms with Crippen LogP contribution in [0.4, 0.5) is 0 Å². The van der Waals surface area contributed by atoms with Gasteiger partial charge in [-0.15, -0.1) is 0 Å². The van der Waals surface area contributed by atoms with E-state index in [2.05, 4.69) is 53.2 Å². The highest BCUT2D eigenvalue weighted by atomic mass is 35.5. The molecule has 1 saturated heterocycles. The lowest BCUT2D eigenvalue weighted by atomic mass is 9.96. The maximum atomic E-state index is 6.26. The zero-order chi connectivity index (χ0) is 15.8. The molecule has 0 spiro atoms. The fraction of sp³-hybridized carbons (Fsp3) is 0.368. The molecule has 0 aliphatic carbocycles. The highest BCUT2D eigenvalue weighted by Gasteiger charge is 2.29. The van der Waals surface area contributed by atoms with Gasteiger partial charge in [0.1, 0.15) is 0 Å². The van der Waals surface area contributed by atoms with Crippen LogP contribution in [0.25, 0.3) is 0 Å². The first kappa shape index (κ1) is 15.5. The Bertz CT molecular complexity index is 710. The summed E-state index contributed by atoms with van der Waals surface area (Å²) in [4.78, 5) is 7.80. The molecule has 1 fully saturated rings. The van der Waals surface area contributed by atoms with Crippen molar-refractivity contribution in [3.05, 3.63) is 58.6 Å². The van der Waals surface area contributed by atoms with Crippen LogP contribution in [0.3, 0.4) is 0 Å². The van der Waals surface area contributed by atoms with Crippen LogP contribution in [0.5, 0.6) is 0 Å². The zero-order valence-electron chi connectivity index (χ0n) is 13.3. The van der Waals surface area contributed by atoms with Crippen molar-refractivity contribution in [2.75, 3.05) is 33.2 Å². The van der Waals surface area contributed by atoms with Crippen molar-refractivity contribution in [2.24, 2.45) is 0 Å². The van der Waals surface area contributed by atoms with Gasteiger partial charge in [0.25, 0.3) is 0 Å². The van der Waals surface area contributed by atoms with Gasteiger partial charge in [0.05, 0.1) is 0 Å². The molecule has 1 unspecified atom stereocenters. The van der Waals surface area contributed by atoms with Crippen LogP contribution in [-0.2, 0) is 6.42 Å². The van der Waals surface area contributed by atoms with Gasteiger partial charge in [-0.3, -0.25) is 4.90 Å². The standard InChI is InChI=1S/C19H21ClN2S/c1-21-8-10-22(11-9-21)17-13-14-12-15(20)6-7-18(14)23-19-5-3-2-4-16(17)19/h2-7,12,17H,8-11,13H2,1H3. The fourth-order valence-corrected chi connectivity index (χ4v) is 4.86. The molecule has 0 amide bonds. The van der Waals surface area contributed by atoms with E-state index in [-0.39, 0.29) is 0 Å². The fourth-order valence-electron chi connectivity index (χ4n) is 3.55. The van der Waals surface area contributed by atoms with E-state index in [4.69, 9.17) is 11.6 Å². The van der Waals surface area contributed by atoms with Crippen molar-refractivity contribution in [3.63, 3.8) is 0 Å². The monoisotopic (exact) mass is 344 g/mol. The van der Waals surface area contributed by atoms with Gasteiger partial charge in [-0.2, -0.15) is 0 Å². The molecule has 120 valence electrons. The van der Waals surface area contributed by atoms with Crippen LogP contribution in [-0.4, -0.2) is 43.0 Å². The summed E-state index contributed by atoms with van der Waals surface area (Å²) >= 11 is 8.15. The SMILES string of the molecule is CN1CCN(C2Cc3cc(Cl)ccc3Sc3ccccc32)CC1. The first-order chi connectivity index (χ1) is 11.2. The summed E-state index contributed by atoms with van der Waals surface area (Å²) in [5.41, 5.74) is 2.84. The zero-order valence-corrected chi connectivity index (χ0v) is 14.9. The number of piperazine rings is 1. The van der Waals surface area contributed by atoms with E-state index in [1.54, 1.807) is 0 Å². The lowest BCUT2D eigenvalue weighted by Crippen LogP contribution is -2.46. The smallest absolute Gasteiger partial charge is 0.0409 e. The average molecular weight is 345 g/mol. The Hall–Kier alpha value is -1.00. The molecule has 0 saturated carbocycles. The maximum Gasteiger partial charge on any atom is 0.0409 e. The molecule has 2 aromatic carbocycles. The molecule has 0 bridgehead atoms. The predicted molar refractivity (Wildman–Crippen MR) is 97.5 cm³/mol. The third kappa shape index (κ3) is 3.16. The number of likely N-dealkylation sites (N-methyl/N-ethyl adjacent to an activating group) is 1. The van der Waals surface area contributed by atoms with Crippen molar-refractivity contribution < 1.29 is 0 Å². The summed E-state index contributed by atoms with van der Waals surface area (Å²) in [7, 11) is 2.21. The summed E-state index contributed by atoms with van der Waals surface area (Å²) in [6, 6.07) is 15.7. The average Bonchev–Trinajstić information content (AvgIpc) is 2.72. The van der Waals surface area contributed by atoms with Crippen molar-refractivity contribution in [3.8, 4) is 0 Å². The van der Waals surface area contributed by atoms with Crippen molar-refractivity contribution in [2.45, 2.75) is 22.3 Å². The molecule has 2 nitrogen and oxygen atoms in total. The Morgan fingerprint density at radius 3 is 2.61 bits per heavy atom. The second-order valence-corrected chi connectivity index (χ2v) is 7.97. The molecule has 1 atom stereocenters. The Labute approximate surface area is 147 Å². The summed E-state index contributed by atoms with van der Waals surface area (Å²) < 4.78 is 0. The van der Waals surface area contributed by atoms with Gasteiger partial charge in [-0.1, -0.05) is 41.6 Å².